The number of nitrogens with zero attached hydrogens (tertiary/aromatic N) is 1. The number of amides is 1. The van der Waals surface area contributed by atoms with Crippen LogP contribution in [0.4, 0.5) is 0 Å². The molecule has 2 aliphatic heterocycles. The smallest absolute Gasteiger partial charge is 0.338 e. The number of ether oxygens (including phenoxy) is 4. The molecule has 2 N–H and O–H groups in total. The maximum atomic E-state index is 13.2. The number of thioether (sulfide) groups is 1. The number of methoxy groups -OCH3 is 1. The Morgan fingerprint density at radius 1 is 1.09 bits per heavy atom. The number of rotatable bonds is 8. The molecule has 1 amide bonds. The highest BCUT2D eigenvalue weighted by Crippen LogP contribution is 2.50. The first-order chi connectivity index (χ1) is 16.2. The van der Waals surface area contributed by atoms with Crippen LogP contribution in [0.1, 0.15) is 46.1 Å². The van der Waals surface area contributed by atoms with Gasteiger partial charge in [-0.2, -0.15) is 0 Å². The van der Waals surface area contributed by atoms with Crippen LogP contribution in [-0.2, 0) is 23.9 Å². The van der Waals surface area contributed by atoms with Crippen LogP contribution in [0.15, 0.2) is 40.2 Å². The summed E-state index contributed by atoms with van der Waals surface area (Å²) in [5.74, 6) is -1.74. The van der Waals surface area contributed by atoms with Crippen molar-refractivity contribution in [3.05, 3.63) is 45.8 Å². The minimum atomic E-state index is -0.933. The van der Waals surface area contributed by atoms with Crippen molar-refractivity contribution in [1.82, 2.24) is 4.90 Å². The zero-order valence-corrected chi connectivity index (χ0v) is 21.0. The van der Waals surface area contributed by atoms with Crippen LogP contribution >= 0.6 is 11.8 Å². The van der Waals surface area contributed by atoms with Gasteiger partial charge < -0.3 is 24.7 Å². The molecule has 2 atom stereocenters. The van der Waals surface area contributed by atoms with Gasteiger partial charge in [0, 0.05) is 0 Å². The Balaban J connectivity index is 2.29. The SMILES string of the molecule is CCOC(=O)C1=C(N)N2C(=O)C(C)SC2=C(C(=O)OCC)C1c1ccc(OC(C)C)c(OC)c1. The van der Waals surface area contributed by atoms with Crippen molar-refractivity contribution < 1.29 is 33.3 Å². The first-order valence-electron chi connectivity index (χ1n) is 11.1. The molecule has 1 aromatic carbocycles. The molecule has 0 saturated carbocycles. The molecule has 2 unspecified atom stereocenters. The van der Waals surface area contributed by atoms with E-state index in [4.69, 9.17) is 24.7 Å². The average Bonchev–Trinajstić information content (AvgIpc) is 3.08. The summed E-state index contributed by atoms with van der Waals surface area (Å²) in [5.41, 5.74) is 7.10. The van der Waals surface area contributed by atoms with Crippen LogP contribution in [0.25, 0.3) is 0 Å². The molecule has 0 spiro atoms. The first-order valence-corrected chi connectivity index (χ1v) is 12.0. The van der Waals surface area contributed by atoms with Crippen LogP contribution in [0.5, 0.6) is 11.5 Å². The Labute approximate surface area is 203 Å². The van der Waals surface area contributed by atoms with Gasteiger partial charge in [-0.05, 0) is 52.3 Å². The van der Waals surface area contributed by atoms with E-state index in [1.54, 1.807) is 39.0 Å². The van der Waals surface area contributed by atoms with Crippen molar-refractivity contribution in [2.75, 3.05) is 20.3 Å². The molecule has 3 rings (SSSR count). The van der Waals surface area contributed by atoms with E-state index in [-0.39, 0.29) is 42.2 Å². The zero-order chi connectivity index (χ0) is 25.2. The van der Waals surface area contributed by atoms with E-state index in [0.717, 1.165) is 0 Å². The highest BCUT2D eigenvalue weighted by molar-refractivity contribution is 8.04. The molecule has 0 aliphatic carbocycles. The molecule has 0 bridgehead atoms. The number of nitrogens with two attached hydrogens (primary N) is 1. The minimum Gasteiger partial charge on any atom is -0.493 e. The molecule has 0 aromatic heterocycles. The Bertz CT molecular complexity index is 1060. The summed E-state index contributed by atoms with van der Waals surface area (Å²) in [7, 11) is 1.50. The van der Waals surface area contributed by atoms with Gasteiger partial charge in [0.15, 0.2) is 11.5 Å². The third-order valence-electron chi connectivity index (χ3n) is 5.26. The van der Waals surface area contributed by atoms with Crippen molar-refractivity contribution in [3.8, 4) is 11.5 Å². The molecule has 1 saturated heterocycles. The fraction of sp³-hybridized carbons (Fsp3) is 0.458. The lowest BCUT2D eigenvalue weighted by atomic mass is 9.82. The van der Waals surface area contributed by atoms with Gasteiger partial charge in [0.2, 0.25) is 5.91 Å². The molecule has 0 radical (unpaired) electrons. The number of esters is 2. The zero-order valence-electron chi connectivity index (χ0n) is 20.2. The average molecular weight is 491 g/mol. The van der Waals surface area contributed by atoms with Crippen LogP contribution < -0.4 is 15.2 Å². The molecule has 2 aliphatic rings. The summed E-state index contributed by atoms with van der Waals surface area (Å²) in [6.07, 6.45) is -0.0896. The Kier molecular flexibility index (Phi) is 7.81. The fourth-order valence-electron chi connectivity index (χ4n) is 3.89. The molecular weight excluding hydrogens is 460 g/mol. The van der Waals surface area contributed by atoms with E-state index in [2.05, 4.69) is 0 Å². The van der Waals surface area contributed by atoms with E-state index in [1.807, 2.05) is 13.8 Å². The van der Waals surface area contributed by atoms with E-state index < -0.39 is 23.1 Å². The normalized spacial score (nSPS) is 20.0. The summed E-state index contributed by atoms with van der Waals surface area (Å²) in [5, 5.41) is -0.135. The second kappa shape index (κ2) is 10.4. The summed E-state index contributed by atoms with van der Waals surface area (Å²) in [6.45, 7) is 9.07. The molecule has 2 heterocycles. The van der Waals surface area contributed by atoms with Crippen molar-refractivity contribution in [1.29, 1.82) is 0 Å². The molecule has 9 nitrogen and oxygen atoms in total. The van der Waals surface area contributed by atoms with E-state index >= 15 is 0 Å². The predicted octanol–water partition coefficient (Wildman–Crippen LogP) is 3.05. The van der Waals surface area contributed by atoms with Crippen LogP contribution in [0.2, 0.25) is 0 Å². The molecular formula is C24H30N2O7S. The summed E-state index contributed by atoms with van der Waals surface area (Å²) in [4.78, 5) is 40.5. The lowest BCUT2D eigenvalue weighted by Gasteiger charge is -2.33. The largest absolute Gasteiger partial charge is 0.493 e. The molecule has 184 valence electrons. The molecule has 34 heavy (non-hydrogen) atoms. The Morgan fingerprint density at radius 3 is 2.26 bits per heavy atom. The molecule has 10 heteroatoms. The van der Waals surface area contributed by atoms with Gasteiger partial charge in [0.25, 0.3) is 0 Å². The van der Waals surface area contributed by atoms with E-state index in [0.29, 0.717) is 22.1 Å². The van der Waals surface area contributed by atoms with Gasteiger partial charge in [-0.3, -0.25) is 9.69 Å². The van der Waals surface area contributed by atoms with Crippen molar-refractivity contribution in [2.24, 2.45) is 5.73 Å². The van der Waals surface area contributed by atoms with Crippen LogP contribution in [0, 0.1) is 0 Å². The lowest BCUT2D eigenvalue weighted by Crippen LogP contribution is -2.40. The number of hydrogen-bond acceptors (Lipinski definition) is 9. The van der Waals surface area contributed by atoms with Crippen molar-refractivity contribution in [3.63, 3.8) is 0 Å². The number of hydrogen-bond donors (Lipinski definition) is 1. The number of fused-ring (bicyclic) bond motifs is 1. The molecule has 1 aromatic rings. The number of carbonyl (C=O) groups excluding carboxylic acids is 3. The van der Waals surface area contributed by atoms with Gasteiger partial charge in [-0.15, -0.1) is 0 Å². The Morgan fingerprint density at radius 2 is 1.71 bits per heavy atom. The van der Waals surface area contributed by atoms with Gasteiger partial charge in [-0.25, -0.2) is 9.59 Å². The number of carbonyl (C=O) groups is 3. The van der Waals surface area contributed by atoms with E-state index in [1.165, 1.54) is 23.8 Å². The van der Waals surface area contributed by atoms with Gasteiger partial charge in [0.05, 0.1) is 53.8 Å². The second-order valence-corrected chi connectivity index (χ2v) is 9.23. The summed E-state index contributed by atoms with van der Waals surface area (Å²) in [6, 6.07) is 5.13. The maximum absolute atomic E-state index is 13.2. The van der Waals surface area contributed by atoms with Crippen LogP contribution in [-0.4, -0.2) is 54.4 Å². The standard InChI is InChI=1S/C24H30N2O7S/c1-7-31-23(28)18-17(14-9-10-15(33-12(3)4)16(11-14)30-6)19(24(29)32-8-2)22-26(20(18)25)21(27)13(5)34-22/h9-13,17H,7-8,25H2,1-6H3. The van der Waals surface area contributed by atoms with Gasteiger partial charge in [-0.1, -0.05) is 17.8 Å². The quantitative estimate of drug-likeness (QED) is 0.549. The lowest BCUT2D eigenvalue weighted by molar-refractivity contribution is -0.139. The third kappa shape index (κ3) is 4.59. The van der Waals surface area contributed by atoms with Crippen molar-refractivity contribution >= 4 is 29.6 Å². The molecule has 1 fully saturated rings. The maximum Gasteiger partial charge on any atom is 0.338 e. The summed E-state index contributed by atoms with van der Waals surface area (Å²) < 4.78 is 22.0. The number of benzene rings is 1. The highest BCUT2D eigenvalue weighted by atomic mass is 32.2. The summed E-state index contributed by atoms with van der Waals surface area (Å²) >= 11 is 1.20. The monoisotopic (exact) mass is 490 g/mol. The minimum absolute atomic E-state index is 0.00344. The van der Waals surface area contributed by atoms with Crippen molar-refractivity contribution in [2.45, 2.75) is 51.9 Å². The van der Waals surface area contributed by atoms with Gasteiger partial charge >= 0.3 is 11.9 Å². The van der Waals surface area contributed by atoms with Crippen LogP contribution in [0.3, 0.4) is 0 Å². The van der Waals surface area contributed by atoms with E-state index in [9.17, 15) is 14.4 Å². The van der Waals surface area contributed by atoms with Gasteiger partial charge in [0.1, 0.15) is 5.82 Å². The first kappa shape index (κ1) is 25.5. The highest BCUT2D eigenvalue weighted by Gasteiger charge is 2.49. The third-order valence-corrected chi connectivity index (χ3v) is 6.44. The predicted molar refractivity (Wildman–Crippen MR) is 127 cm³/mol. The topological polar surface area (TPSA) is 117 Å². The Hall–Kier alpha value is -3.14. The fourth-order valence-corrected chi connectivity index (χ4v) is 5.06. The second-order valence-electron chi connectivity index (χ2n) is 7.90.